The number of anilines is 1. The zero-order chi connectivity index (χ0) is 17.2. The van der Waals surface area contributed by atoms with Gasteiger partial charge >= 0.3 is 0 Å². The molecule has 3 aromatic rings. The van der Waals surface area contributed by atoms with Gasteiger partial charge in [0.15, 0.2) is 0 Å². The highest BCUT2D eigenvalue weighted by Crippen LogP contribution is 2.17. The minimum Gasteiger partial charge on any atom is -0.350 e. The Labute approximate surface area is 149 Å². The lowest BCUT2D eigenvalue weighted by Gasteiger charge is -2.29. The van der Waals surface area contributed by atoms with Crippen molar-refractivity contribution in [1.29, 1.82) is 0 Å². The molecule has 0 aliphatic carbocycles. The van der Waals surface area contributed by atoms with E-state index in [1.165, 1.54) is 22.2 Å². The van der Waals surface area contributed by atoms with Crippen molar-refractivity contribution >= 4 is 23.1 Å². The van der Waals surface area contributed by atoms with E-state index in [9.17, 15) is 4.79 Å². The van der Waals surface area contributed by atoms with Gasteiger partial charge in [-0.05, 0) is 43.3 Å². The molecule has 4 rings (SSSR count). The molecule has 0 aromatic carbocycles. The minimum atomic E-state index is -0.123. The average Bonchev–Trinajstić information content (AvgIpc) is 3.24. The third-order valence-electron chi connectivity index (χ3n) is 4.66. The molecule has 1 aliphatic rings. The Morgan fingerprint density at radius 3 is 2.96 bits per heavy atom. The Morgan fingerprint density at radius 1 is 1.36 bits per heavy atom. The molecule has 4 heterocycles. The van der Waals surface area contributed by atoms with E-state index in [1.54, 1.807) is 17.4 Å². The molecule has 0 saturated carbocycles. The third-order valence-corrected chi connectivity index (χ3v) is 5.53. The van der Waals surface area contributed by atoms with Crippen LogP contribution in [0.5, 0.6) is 0 Å². The number of H-pyrrole nitrogens is 1. The second-order valence-electron chi connectivity index (χ2n) is 6.68. The van der Waals surface area contributed by atoms with Gasteiger partial charge < -0.3 is 5.32 Å². The molecule has 1 saturated heterocycles. The number of fused-ring (bicyclic) bond motifs is 1. The number of nitrogens with one attached hydrogen (secondary N) is 2. The maximum Gasteiger partial charge on any atom is 0.274 e. The molecule has 2 N–H and O–H groups in total. The zero-order valence-electron chi connectivity index (χ0n) is 14.2. The van der Waals surface area contributed by atoms with E-state index < -0.39 is 0 Å². The Balaban J connectivity index is 1.49. The first kappa shape index (κ1) is 16.3. The fourth-order valence-electron chi connectivity index (χ4n) is 3.12. The molecular weight excluding hydrogens is 336 g/mol. The first-order chi connectivity index (χ1) is 12.2. The Morgan fingerprint density at radius 2 is 2.20 bits per heavy atom. The monoisotopic (exact) mass is 358 g/mol. The van der Waals surface area contributed by atoms with Crippen molar-refractivity contribution in [3.05, 3.63) is 44.5 Å². The van der Waals surface area contributed by atoms with Gasteiger partial charge in [0.05, 0.1) is 12.2 Å². The summed E-state index contributed by atoms with van der Waals surface area (Å²) in [6.07, 6.45) is 2.42. The van der Waals surface area contributed by atoms with Gasteiger partial charge in [-0.25, -0.2) is 4.98 Å². The van der Waals surface area contributed by atoms with Gasteiger partial charge in [0.1, 0.15) is 0 Å². The topological polar surface area (TPSA) is 78.3 Å². The van der Waals surface area contributed by atoms with Crippen LogP contribution >= 0.6 is 11.3 Å². The summed E-state index contributed by atoms with van der Waals surface area (Å²) in [5, 5.41) is 8.21. The molecular formula is C17H22N6OS. The number of thiophene rings is 1. The lowest BCUT2D eigenvalue weighted by atomic mass is 9.99. The third kappa shape index (κ3) is 3.74. The Kier molecular flexibility index (Phi) is 4.54. The second-order valence-corrected chi connectivity index (χ2v) is 7.72. The number of likely N-dealkylation sites (tertiary alicyclic amines) is 1. The SMILES string of the molecule is CC1CCN(Cc2cc(=O)n3[nH]c(NCc4cccs4)nc3n2)CC1. The fraction of sp³-hybridized carbons (Fsp3) is 0.471. The summed E-state index contributed by atoms with van der Waals surface area (Å²) in [6, 6.07) is 5.68. The van der Waals surface area contributed by atoms with E-state index in [0.717, 1.165) is 24.7 Å². The molecule has 0 spiro atoms. The van der Waals surface area contributed by atoms with Crippen LogP contribution in [-0.2, 0) is 13.1 Å². The highest BCUT2D eigenvalue weighted by Gasteiger charge is 2.17. The fourth-order valence-corrected chi connectivity index (χ4v) is 3.77. The number of aromatic amines is 1. The molecule has 3 aromatic heterocycles. The normalized spacial score (nSPS) is 16.5. The van der Waals surface area contributed by atoms with Crippen LogP contribution in [0.25, 0.3) is 5.78 Å². The standard InChI is InChI=1S/C17H22N6OS/c1-12-4-6-22(7-5-12)11-13-9-15(24)23-17(19-13)20-16(21-23)18-10-14-3-2-8-25-14/h2-3,8-9,12H,4-7,10-11H2,1H3,(H2,18,19,20,21). The summed E-state index contributed by atoms with van der Waals surface area (Å²) in [5.41, 5.74) is 0.665. The summed E-state index contributed by atoms with van der Waals surface area (Å²) in [7, 11) is 0. The molecule has 0 bridgehead atoms. The van der Waals surface area contributed by atoms with Crippen LogP contribution in [0.1, 0.15) is 30.3 Å². The number of nitrogens with zero attached hydrogens (tertiary/aromatic N) is 4. The van der Waals surface area contributed by atoms with Crippen LogP contribution in [0.2, 0.25) is 0 Å². The molecule has 0 radical (unpaired) electrons. The summed E-state index contributed by atoms with van der Waals surface area (Å²) in [4.78, 5) is 24.9. The van der Waals surface area contributed by atoms with E-state index in [4.69, 9.17) is 0 Å². The number of rotatable bonds is 5. The summed E-state index contributed by atoms with van der Waals surface area (Å²) in [5.74, 6) is 1.77. The van der Waals surface area contributed by atoms with Crippen LogP contribution in [0, 0.1) is 5.92 Å². The lowest BCUT2D eigenvalue weighted by molar-refractivity contribution is 0.183. The smallest absolute Gasteiger partial charge is 0.274 e. The van der Waals surface area contributed by atoms with Crippen LogP contribution < -0.4 is 10.9 Å². The second kappa shape index (κ2) is 6.97. The molecule has 1 aliphatic heterocycles. The first-order valence-corrected chi connectivity index (χ1v) is 9.52. The molecule has 25 heavy (non-hydrogen) atoms. The van der Waals surface area contributed by atoms with Crippen molar-refractivity contribution in [3.8, 4) is 0 Å². The van der Waals surface area contributed by atoms with Crippen molar-refractivity contribution in [1.82, 2.24) is 24.5 Å². The van der Waals surface area contributed by atoms with Gasteiger partial charge in [-0.3, -0.25) is 14.8 Å². The molecule has 1 fully saturated rings. The minimum absolute atomic E-state index is 0.123. The van der Waals surface area contributed by atoms with Crippen LogP contribution in [0.4, 0.5) is 5.95 Å². The van der Waals surface area contributed by atoms with Crippen LogP contribution in [-0.4, -0.2) is 37.6 Å². The molecule has 0 unspecified atom stereocenters. The van der Waals surface area contributed by atoms with Gasteiger partial charge in [-0.15, -0.1) is 11.3 Å². The van der Waals surface area contributed by atoms with Crippen molar-refractivity contribution in [2.24, 2.45) is 5.92 Å². The maximum atomic E-state index is 12.3. The maximum absolute atomic E-state index is 12.3. The molecule has 8 heteroatoms. The van der Waals surface area contributed by atoms with Gasteiger partial charge in [0, 0.05) is 17.5 Å². The number of hydrogen-bond acceptors (Lipinski definition) is 6. The van der Waals surface area contributed by atoms with E-state index in [0.29, 0.717) is 24.8 Å². The van der Waals surface area contributed by atoms with E-state index in [-0.39, 0.29) is 5.56 Å². The summed E-state index contributed by atoms with van der Waals surface area (Å²) in [6.45, 7) is 5.81. The predicted octanol–water partition coefficient (Wildman–Crippen LogP) is 2.32. The van der Waals surface area contributed by atoms with Gasteiger partial charge in [-0.1, -0.05) is 13.0 Å². The van der Waals surface area contributed by atoms with E-state index >= 15 is 0 Å². The summed E-state index contributed by atoms with van der Waals surface area (Å²) < 4.78 is 1.39. The highest BCUT2D eigenvalue weighted by atomic mass is 32.1. The van der Waals surface area contributed by atoms with Crippen LogP contribution in [0.3, 0.4) is 0 Å². The van der Waals surface area contributed by atoms with E-state index in [2.05, 4.69) is 38.3 Å². The summed E-state index contributed by atoms with van der Waals surface area (Å²) >= 11 is 1.68. The van der Waals surface area contributed by atoms with Gasteiger partial charge in [0.2, 0.25) is 5.95 Å². The Hall–Kier alpha value is -2.19. The number of aromatic nitrogens is 4. The molecule has 0 amide bonds. The number of hydrogen-bond donors (Lipinski definition) is 2. The molecule has 0 atom stereocenters. The predicted molar refractivity (Wildman–Crippen MR) is 98.9 cm³/mol. The van der Waals surface area contributed by atoms with Crippen molar-refractivity contribution in [2.75, 3.05) is 18.4 Å². The van der Waals surface area contributed by atoms with E-state index in [1.807, 2.05) is 11.4 Å². The van der Waals surface area contributed by atoms with Gasteiger partial charge in [-0.2, -0.15) is 9.50 Å². The average molecular weight is 358 g/mol. The van der Waals surface area contributed by atoms with Gasteiger partial charge in [0.25, 0.3) is 11.3 Å². The molecule has 7 nitrogen and oxygen atoms in total. The Bertz CT molecular complexity index is 892. The van der Waals surface area contributed by atoms with Crippen molar-refractivity contribution in [2.45, 2.75) is 32.9 Å². The highest BCUT2D eigenvalue weighted by molar-refractivity contribution is 7.09. The van der Waals surface area contributed by atoms with Crippen molar-refractivity contribution < 1.29 is 0 Å². The van der Waals surface area contributed by atoms with Crippen LogP contribution in [0.15, 0.2) is 28.4 Å². The zero-order valence-corrected chi connectivity index (χ0v) is 15.1. The first-order valence-electron chi connectivity index (χ1n) is 8.65. The lowest BCUT2D eigenvalue weighted by Crippen LogP contribution is -2.33. The molecule has 132 valence electrons. The van der Waals surface area contributed by atoms with Crippen molar-refractivity contribution in [3.63, 3.8) is 0 Å². The quantitative estimate of drug-likeness (QED) is 0.732. The number of piperidine rings is 1. The largest absolute Gasteiger partial charge is 0.350 e.